The van der Waals surface area contributed by atoms with Gasteiger partial charge in [0.15, 0.2) is 17.5 Å². The van der Waals surface area contributed by atoms with Crippen LogP contribution < -0.4 is 4.74 Å². The Kier molecular flexibility index (Phi) is 7.78. The molecule has 4 saturated carbocycles. The average molecular weight is 862 g/mol. The van der Waals surface area contributed by atoms with Crippen molar-refractivity contribution in [2.24, 2.45) is 23.2 Å². The highest BCUT2D eigenvalue weighted by Gasteiger charge is 2.71. The predicted octanol–water partition coefficient (Wildman–Crippen LogP) is 15.1. The summed E-state index contributed by atoms with van der Waals surface area (Å²) in [5.74, 6) is 6.60. The van der Waals surface area contributed by atoms with Crippen molar-refractivity contribution in [3.63, 3.8) is 0 Å². The molecule has 1 aliphatic heterocycles. The third kappa shape index (κ3) is 5.22. The molecule has 67 heavy (non-hydrogen) atoms. The number of hydrogen-bond acceptors (Lipinski definition) is 4. The van der Waals surface area contributed by atoms with Crippen LogP contribution in [0.3, 0.4) is 0 Å². The molecule has 0 N–H and O–H groups in total. The smallest absolute Gasteiger partial charge is 0.164 e. The number of benzene rings is 8. The molecule has 320 valence electrons. The van der Waals surface area contributed by atoms with Crippen molar-refractivity contribution < 1.29 is 4.74 Å². The van der Waals surface area contributed by atoms with Gasteiger partial charge in [-0.15, -0.1) is 0 Å². The van der Waals surface area contributed by atoms with Crippen molar-refractivity contribution in [3.05, 3.63) is 222 Å². The van der Waals surface area contributed by atoms with Crippen molar-refractivity contribution in [2.45, 2.75) is 49.4 Å². The van der Waals surface area contributed by atoms with E-state index in [-0.39, 0.29) is 0 Å². The van der Waals surface area contributed by atoms with Crippen LogP contribution in [0, 0.1) is 23.2 Å². The largest absolute Gasteiger partial charge is 0.457 e. The van der Waals surface area contributed by atoms with Gasteiger partial charge in [0.05, 0.1) is 5.41 Å². The van der Waals surface area contributed by atoms with E-state index in [4.69, 9.17) is 19.7 Å². The molecule has 9 aromatic rings. The Labute approximate surface area is 391 Å². The average Bonchev–Trinajstić information content (AvgIpc) is 3.88. The molecule has 15 rings (SSSR count). The minimum absolute atomic E-state index is 0.325. The molecule has 8 aromatic carbocycles. The molecular weight excluding hydrogens is 815 g/mol. The monoisotopic (exact) mass is 861 g/mol. The lowest BCUT2D eigenvalue weighted by atomic mass is 9.55. The first-order valence-electron chi connectivity index (χ1n) is 24.3. The second-order valence-electron chi connectivity index (χ2n) is 20.5. The van der Waals surface area contributed by atoms with Gasteiger partial charge in [-0.25, -0.2) is 15.0 Å². The van der Waals surface area contributed by atoms with E-state index < -0.39 is 5.41 Å². The van der Waals surface area contributed by atoms with E-state index in [9.17, 15) is 0 Å². The topological polar surface area (TPSA) is 47.9 Å². The number of ether oxygens (including phenoxy) is 1. The third-order valence-corrected chi connectivity index (χ3v) is 17.4. The van der Waals surface area contributed by atoms with Gasteiger partial charge in [0.2, 0.25) is 0 Å². The highest BCUT2D eigenvalue weighted by Crippen LogP contribution is 2.79. The van der Waals surface area contributed by atoms with E-state index in [1.807, 2.05) is 0 Å². The van der Waals surface area contributed by atoms with Gasteiger partial charge in [-0.1, -0.05) is 176 Å². The minimum Gasteiger partial charge on any atom is -0.457 e. The molecule has 3 bridgehead atoms. The molecule has 2 heterocycles. The first-order valence-corrected chi connectivity index (χ1v) is 24.3. The molecule has 5 aliphatic carbocycles. The second-order valence-corrected chi connectivity index (χ2v) is 20.5. The molecular formula is C63H47N3O. The van der Waals surface area contributed by atoms with Gasteiger partial charge in [-0.2, -0.15) is 0 Å². The van der Waals surface area contributed by atoms with Gasteiger partial charge in [0.25, 0.3) is 0 Å². The minimum atomic E-state index is -0.567. The number of fused-ring (bicyclic) bond motifs is 11. The van der Waals surface area contributed by atoms with E-state index >= 15 is 0 Å². The maximum atomic E-state index is 6.66. The predicted molar refractivity (Wildman–Crippen MR) is 267 cm³/mol. The van der Waals surface area contributed by atoms with Gasteiger partial charge in [0, 0.05) is 27.8 Å². The zero-order chi connectivity index (χ0) is 43.9. The normalized spacial score (nSPS) is 23.7. The summed E-state index contributed by atoms with van der Waals surface area (Å²) in [5, 5.41) is 0. The van der Waals surface area contributed by atoms with Crippen molar-refractivity contribution in [3.8, 4) is 79.0 Å². The Morgan fingerprint density at radius 3 is 1.79 bits per heavy atom. The molecule has 2 spiro atoms. The summed E-state index contributed by atoms with van der Waals surface area (Å²) in [6, 6.07) is 70.3. The lowest BCUT2D eigenvalue weighted by molar-refractivity contribution is -0.000160. The molecule has 0 radical (unpaired) electrons. The van der Waals surface area contributed by atoms with Crippen LogP contribution >= 0.6 is 0 Å². The third-order valence-electron chi connectivity index (χ3n) is 17.4. The summed E-state index contributed by atoms with van der Waals surface area (Å²) >= 11 is 0. The summed E-state index contributed by atoms with van der Waals surface area (Å²) in [7, 11) is 0. The number of hydrogen-bond donors (Lipinski definition) is 0. The van der Waals surface area contributed by atoms with Crippen LogP contribution in [0.4, 0.5) is 0 Å². The zero-order valence-electron chi connectivity index (χ0n) is 37.2. The van der Waals surface area contributed by atoms with Gasteiger partial charge in [-0.05, 0) is 135 Å². The van der Waals surface area contributed by atoms with Crippen molar-refractivity contribution in [1.82, 2.24) is 15.0 Å². The van der Waals surface area contributed by atoms with E-state index in [0.717, 1.165) is 79.3 Å². The molecule has 4 fully saturated rings. The molecule has 0 saturated heterocycles. The maximum absolute atomic E-state index is 6.66. The summed E-state index contributed by atoms with van der Waals surface area (Å²) in [4.78, 5) is 16.2. The quantitative estimate of drug-likeness (QED) is 0.167. The number of aromatic nitrogens is 3. The zero-order valence-corrected chi connectivity index (χ0v) is 37.2. The van der Waals surface area contributed by atoms with Gasteiger partial charge in [0.1, 0.15) is 11.5 Å². The molecule has 4 nitrogen and oxygen atoms in total. The van der Waals surface area contributed by atoms with Crippen LogP contribution in [0.25, 0.3) is 67.5 Å². The fraction of sp³-hybridized carbons (Fsp3) is 0.190. The van der Waals surface area contributed by atoms with Crippen molar-refractivity contribution in [1.29, 1.82) is 0 Å². The van der Waals surface area contributed by atoms with Crippen LogP contribution in [-0.4, -0.2) is 15.0 Å². The van der Waals surface area contributed by atoms with E-state index in [0.29, 0.717) is 28.3 Å². The maximum Gasteiger partial charge on any atom is 0.164 e. The van der Waals surface area contributed by atoms with Crippen molar-refractivity contribution in [2.75, 3.05) is 0 Å². The van der Waals surface area contributed by atoms with Crippen LogP contribution in [-0.2, 0) is 10.8 Å². The van der Waals surface area contributed by atoms with E-state index in [1.54, 1.807) is 0 Å². The molecule has 2 unspecified atom stereocenters. The SMILES string of the molecule is c1ccc(-c2cccc(-c3nc(-c4ccc(C56C[C@@H]7CC8C[C@@H](C5)[C@@]8(C7)C6)cc4)nc(-c4ccccc4-c4cccc5c4-c4ccccc4C54c5ccccc5Oc5ccccc54)n3)c2)cc1. The lowest BCUT2D eigenvalue weighted by Gasteiger charge is -2.49. The Bertz CT molecular complexity index is 3460. The standard InChI is InChI=1S/C63H47N3O/c1-2-14-40(15-3-1)42-16-12-17-43(33-42)59-64-58(41-28-30-44(31-29-41)61-35-39-32-45-34-46(37-61)62(45,36-39)38-61)65-60(66-59)49-19-5-4-18-47(49)48-21-13-25-54-57(48)50-20-6-7-22-51(50)63(54)52-23-8-10-26-55(52)67-56-27-11-9-24-53(56)63/h1-31,33,39,45-46H,32,34-38H2/t39-,45?,46-,61?,62-/m0/s1. The van der Waals surface area contributed by atoms with Gasteiger partial charge >= 0.3 is 0 Å². The Hall–Kier alpha value is -7.43. The molecule has 6 aliphatic rings. The highest BCUT2D eigenvalue weighted by atomic mass is 16.5. The van der Waals surface area contributed by atoms with E-state index in [1.165, 1.54) is 66.3 Å². The van der Waals surface area contributed by atoms with Gasteiger partial charge < -0.3 is 4.74 Å². The van der Waals surface area contributed by atoms with Crippen LogP contribution in [0.15, 0.2) is 194 Å². The summed E-state index contributed by atoms with van der Waals surface area (Å²) in [6.45, 7) is 0. The first kappa shape index (κ1) is 37.8. The number of para-hydroxylation sites is 2. The summed E-state index contributed by atoms with van der Waals surface area (Å²) in [5.41, 5.74) is 16.6. The fourth-order valence-electron chi connectivity index (χ4n) is 14.9. The number of nitrogens with zero attached hydrogens (tertiary/aromatic N) is 3. The Balaban J connectivity index is 0.908. The molecule has 1 aromatic heterocycles. The van der Waals surface area contributed by atoms with Crippen molar-refractivity contribution >= 4 is 0 Å². The van der Waals surface area contributed by atoms with Crippen LogP contribution in [0.1, 0.15) is 66.3 Å². The lowest BCUT2D eigenvalue weighted by Crippen LogP contribution is -2.42. The molecule has 4 heteroatoms. The summed E-state index contributed by atoms with van der Waals surface area (Å²) in [6.07, 6.45) is 8.54. The first-order chi connectivity index (χ1) is 33.1. The highest BCUT2D eigenvalue weighted by molar-refractivity contribution is 5.99. The van der Waals surface area contributed by atoms with Crippen LogP contribution in [0.2, 0.25) is 0 Å². The summed E-state index contributed by atoms with van der Waals surface area (Å²) < 4.78 is 6.66. The Morgan fingerprint density at radius 1 is 0.403 bits per heavy atom. The fourth-order valence-corrected chi connectivity index (χ4v) is 14.9. The van der Waals surface area contributed by atoms with Crippen LogP contribution in [0.5, 0.6) is 11.5 Å². The second kappa shape index (κ2) is 13.8. The van der Waals surface area contributed by atoms with Gasteiger partial charge in [-0.3, -0.25) is 0 Å². The molecule has 0 amide bonds. The number of rotatable bonds is 6. The van der Waals surface area contributed by atoms with E-state index in [2.05, 4.69) is 194 Å². The molecule has 5 atom stereocenters. The Morgan fingerprint density at radius 2 is 1.00 bits per heavy atom.